The van der Waals surface area contributed by atoms with E-state index in [1.165, 1.54) is 4.88 Å². The van der Waals surface area contributed by atoms with Gasteiger partial charge in [0.2, 0.25) is 0 Å². The van der Waals surface area contributed by atoms with Crippen molar-refractivity contribution in [2.45, 2.75) is 39.2 Å². The second-order valence-electron chi connectivity index (χ2n) is 5.90. The molecule has 0 aliphatic carbocycles. The maximum absolute atomic E-state index is 12.2. The van der Waals surface area contributed by atoms with E-state index in [1.54, 1.807) is 17.7 Å². The number of aromatic nitrogens is 2. The van der Waals surface area contributed by atoms with Crippen LogP contribution in [0.15, 0.2) is 23.8 Å². The summed E-state index contributed by atoms with van der Waals surface area (Å²) in [5.41, 5.74) is 1.84. The summed E-state index contributed by atoms with van der Waals surface area (Å²) in [6, 6.07) is 4.25. The number of hydrogen-bond acceptors (Lipinski definition) is 5. The summed E-state index contributed by atoms with van der Waals surface area (Å²) in [5.74, 6) is 1.04. The number of aryl methyl sites for hydroxylation is 2. The Morgan fingerprint density at radius 3 is 2.78 bits per heavy atom. The molecule has 3 rings (SSSR count). The van der Waals surface area contributed by atoms with Crippen molar-refractivity contribution in [1.29, 1.82) is 0 Å². The normalized spacial score (nSPS) is 15.7. The molecule has 0 atom stereocenters. The van der Waals surface area contributed by atoms with Crippen molar-refractivity contribution in [3.8, 4) is 0 Å². The predicted molar refractivity (Wildman–Crippen MR) is 93.2 cm³/mol. The van der Waals surface area contributed by atoms with Crippen LogP contribution in [-0.2, 0) is 6.42 Å². The third-order valence-corrected chi connectivity index (χ3v) is 5.08. The molecule has 0 unspecified atom stereocenters. The highest BCUT2D eigenvalue weighted by Crippen LogP contribution is 2.19. The SMILES string of the molecule is CCc1cc(N2CCC(NC(=O)c3csc(C)c3)CC2)ncn1. The van der Waals surface area contributed by atoms with E-state index < -0.39 is 0 Å². The largest absolute Gasteiger partial charge is 0.356 e. The molecule has 1 fully saturated rings. The van der Waals surface area contributed by atoms with Gasteiger partial charge in [0.1, 0.15) is 12.1 Å². The van der Waals surface area contributed by atoms with Crippen LogP contribution in [0.5, 0.6) is 0 Å². The second kappa shape index (κ2) is 7.08. The lowest BCUT2D eigenvalue weighted by molar-refractivity contribution is 0.0931. The molecule has 2 aromatic rings. The fourth-order valence-electron chi connectivity index (χ4n) is 2.84. The minimum atomic E-state index is 0.0445. The molecule has 1 aliphatic rings. The number of amides is 1. The summed E-state index contributed by atoms with van der Waals surface area (Å²) in [6.07, 6.45) is 4.45. The smallest absolute Gasteiger partial charge is 0.252 e. The van der Waals surface area contributed by atoms with Crippen molar-refractivity contribution < 1.29 is 4.79 Å². The fraction of sp³-hybridized carbons (Fsp3) is 0.471. The van der Waals surface area contributed by atoms with Crippen LogP contribution in [0.25, 0.3) is 0 Å². The summed E-state index contributed by atoms with van der Waals surface area (Å²) in [6.45, 7) is 5.94. The molecule has 23 heavy (non-hydrogen) atoms. The first kappa shape index (κ1) is 15.9. The van der Waals surface area contributed by atoms with Crippen LogP contribution >= 0.6 is 11.3 Å². The average molecular weight is 330 g/mol. The van der Waals surface area contributed by atoms with Crippen molar-refractivity contribution in [2.75, 3.05) is 18.0 Å². The number of nitrogens with zero attached hydrogens (tertiary/aromatic N) is 3. The highest BCUT2D eigenvalue weighted by atomic mass is 32.1. The van der Waals surface area contributed by atoms with Gasteiger partial charge in [0, 0.05) is 41.1 Å². The molecule has 0 saturated carbocycles. The zero-order chi connectivity index (χ0) is 16.2. The minimum absolute atomic E-state index is 0.0445. The van der Waals surface area contributed by atoms with Gasteiger partial charge in [-0.05, 0) is 32.3 Å². The van der Waals surface area contributed by atoms with Crippen LogP contribution < -0.4 is 10.2 Å². The van der Waals surface area contributed by atoms with E-state index in [0.717, 1.165) is 49.4 Å². The Balaban J connectivity index is 1.55. The lowest BCUT2D eigenvalue weighted by Gasteiger charge is -2.33. The number of carbonyl (C=O) groups is 1. The van der Waals surface area contributed by atoms with Crippen molar-refractivity contribution in [1.82, 2.24) is 15.3 Å². The van der Waals surface area contributed by atoms with E-state index >= 15 is 0 Å². The number of carbonyl (C=O) groups excluding carboxylic acids is 1. The second-order valence-corrected chi connectivity index (χ2v) is 7.02. The molecule has 1 saturated heterocycles. The number of thiophene rings is 1. The Hall–Kier alpha value is -1.95. The zero-order valence-electron chi connectivity index (χ0n) is 13.6. The van der Waals surface area contributed by atoms with Crippen LogP contribution in [0.3, 0.4) is 0 Å². The van der Waals surface area contributed by atoms with E-state index in [2.05, 4.69) is 33.2 Å². The highest BCUT2D eigenvalue weighted by molar-refractivity contribution is 7.10. The standard InChI is InChI=1S/C17H22N4OS/c1-3-14-9-16(19-11-18-14)21-6-4-15(5-7-21)20-17(22)13-8-12(2)23-10-13/h8-11,15H,3-7H2,1-2H3,(H,20,22). The van der Waals surface area contributed by atoms with E-state index in [1.807, 2.05) is 18.4 Å². The van der Waals surface area contributed by atoms with Gasteiger partial charge in [-0.25, -0.2) is 9.97 Å². The van der Waals surface area contributed by atoms with Gasteiger partial charge in [0.25, 0.3) is 5.91 Å². The summed E-state index contributed by atoms with van der Waals surface area (Å²) in [4.78, 5) is 24.3. The van der Waals surface area contributed by atoms with Gasteiger partial charge in [0.15, 0.2) is 0 Å². The third kappa shape index (κ3) is 3.88. The molecule has 1 N–H and O–H groups in total. The number of piperidine rings is 1. The molecule has 0 spiro atoms. The molecule has 1 aliphatic heterocycles. The van der Waals surface area contributed by atoms with Gasteiger partial charge in [-0.2, -0.15) is 0 Å². The molecule has 0 radical (unpaired) electrons. The highest BCUT2D eigenvalue weighted by Gasteiger charge is 2.22. The summed E-state index contributed by atoms with van der Waals surface area (Å²) in [5, 5.41) is 5.07. The molecule has 0 aromatic carbocycles. The molecule has 2 aromatic heterocycles. The van der Waals surface area contributed by atoms with Gasteiger partial charge in [-0.3, -0.25) is 4.79 Å². The predicted octanol–water partition coefficient (Wildman–Crippen LogP) is 2.81. The first-order valence-corrected chi connectivity index (χ1v) is 8.95. The van der Waals surface area contributed by atoms with Crippen LogP contribution in [-0.4, -0.2) is 35.0 Å². The average Bonchev–Trinajstić information content (AvgIpc) is 3.02. The quantitative estimate of drug-likeness (QED) is 0.936. The maximum atomic E-state index is 12.2. The van der Waals surface area contributed by atoms with E-state index in [0.29, 0.717) is 0 Å². The van der Waals surface area contributed by atoms with Crippen molar-refractivity contribution in [3.05, 3.63) is 40.0 Å². The molecule has 1 amide bonds. The topological polar surface area (TPSA) is 58.1 Å². The molecule has 3 heterocycles. The van der Waals surface area contributed by atoms with Crippen LogP contribution in [0, 0.1) is 6.92 Å². The number of hydrogen-bond donors (Lipinski definition) is 1. The van der Waals surface area contributed by atoms with E-state index in [9.17, 15) is 4.79 Å². The van der Waals surface area contributed by atoms with Gasteiger partial charge in [-0.1, -0.05) is 6.92 Å². The fourth-order valence-corrected chi connectivity index (χ4v) is 3.52. The van der Waals surface area contributed by atoms with E-state index in [4.69, 9.17) is 0 Å². The summed E-state index contributed by atoms with van der Waals surface area (Å²) >= 11 is 1.61. The molecule has 0 bridgehead atoms. The Bertz CT molecular complexity index is 677. The maximum Gasteiger partial charge on any atom is 0.252 e. The molecular formula is C17H22N4OS. The molecule has 6 heteroatoms. The first-order chi connectivity index (χ1) is 11.2. The first-order valence-electron chi connectivity index (χ1n) is 8.07. The zero-order valence-corrected chi connectivity index (χ0v) is 14.4. The van der Waals surface area contributed by atoms with Crippen LogP contribution in [0.1, 0.15) is 40.7 Å². The summed E-state index contributed by atoms with van der Waals surface area (Å²) < 4.78 is 0. The number of rotatable bonds is 4. The Morgan fingerprint density at radius 1 is 1.35 bits per heavy atom. The molecule has 122 valence electrons. The van der Waals surface area contributed by atoms with Gasteiger partial charge in [-0.15, -0.1) is 11.3 Å². The summed E-state index contributed by atoms with van der Waals surface area (Å²) in [7, 11) is 0. The van der Waals surface area contributed by atoms with Gasteiger partial charge >= 0.3 is 0 Å². The molecular weight excluding hydrogens is 308 g/mol. The Morgan fingerprint density at radius 2 is 2.13 bits per heavy atom. The Labute approximate surface area is 140 Å². The van der Waals surface area contributed by atoms with Gasteiger partial charge < -0.3 is 10.2 Å². The Kier molecular flexibility index (Phi) is 4.91. The van der Waals surface area contributed by atoms with Crippen molar-refractivity contribution in [3.63, 3.8) is 0 Å². The lowest BCUT2D eigenvalue weighted by atomic mass is 10.0. The lowest BCUT2D eigenvalue weighted by Crippen LogP contribution is -2.44. The van der Waals surface area contributed by atoms with Crippen LogP contribution in [0.4, 0.5) is 5.82 Å². The van der Waals surface area contributed by atoms with Gasteiger partial charge in [0.05, 0.1) is 5.56 Å². The third-order valence-electron chi connectivity index (χ3n) is 4.22. The van der Waals surface area contributed by atoms with Crippen LogP contribution in [0.2, 0.25) is 0 Å². The molecule has 5 nitrogen and oxygen atoms in total. The number of anilines is 1. The monoisotopic (exact) mass is 330 g/mol. The van der Waals surface area contributed by atoms with E-state index in [-0.39, 0.29) is 11.9 Å². The minimum Gasteiger partial charge on any atom is -0.356 e. The van der Waals surface area contributed by atoms with Crippen molar-refractivity contribution in [2.24, 2.45) is 0 Å². The van der Waals surface area contributed by atoms with Crippen molar-refractivity contribution >= 4 is 23.1 Å². The number of nitrogens with one attached hydrogen (secondary N) is 1.